The van der Waals surface area contributed by atoms with Crippen molar-refractivity contribution in [3.8, 4) is 0 Å². The van der Waals surface area contributed by atoms with Crippen molar-refractivity contribution in [2.75, 3.05) is 18.0 Å². The highest BCUT2D eigenvalue weighted by atomic mass is 16.6. The lowest BCUT2D eigenvalue weighted by Crippen LogP contribution is -2.35. The lowest BCUT2D eigenvalue weighted by Gasteiger charge is -2.33. The standard InChI is InChI=1S/C14H20N6O2/c1-3-12-13(20(21)22)14(17(2)16-12)18-7-4-11(5-8-18)19-9-6-15-10-19/h6,9-11H,3-5,7-8H2,1-2H3. The maximum atomic E-state index is 11.4. The highest BCUT2D eigenvalue weighted by Gasteiger charge is 2.32. The fourth-order valence-electron chi connectivity index (χ4n) is 3.20. The predicted octanol–water partition coefficient (Wildman–Crippen LogP) is 1.93. The number of piperidine rings is 1. The molecule has 0 atom stereocenters. The summed E-state index contributed by atoms with van der Waals surface area (Å²) in [6.45, 7) is 3.46. The Morgan fingerprint density at radius 2 is 2.14 bits per heavy atom. The van der Waals surface area contributed by atoms with Crippen molar-refractivity contribution in [2.45, 2.75) is 32.2 Å². The third-order valence-electron chi connectivity index (χ3n) is 4.29. The second-order valence-corrected chi connectivity index (χ2v) is 5.58. The molecule has 1 aliphatic heterocycles. The van der Waals surface area contributed by atoms with Crippen LogP contribution in [0.1, 0.15) is 31.5 Å². The Balaban J connectivity index is 1.82. The minimum atomic E-state index is -0.302. The molecule has 3 rings (SSSR count). The van der Waals surface area contributed by atoms with E-state index < -0.39 is 0 Å². The van der Waals surface area contributed by atoms with E-state index >= 15 is 0 Å². The first-order chi connectivity index (χ1) is 10.6. The number of rotatable bonds is 4. The van der Waals surface area contributed by atoms with Crippen LogP contribution >= 0.6 is 0 Å². The quantitative estimate of drug-likeness (QED) is 0.636. The second kappa shape index (κ2) is 5.78. The third-order valence-corrected chi connectivity index (χ3v) is 4.29. The molecule has 2 aromatic heterocycles. The van der Waals surface area contributed by atoms with Crippen LogP contribution in [0.2, 0.25) is 0 Å². The first-order valence-corrected chi connectivity index (χ1v) is 7.54. The number of aromatic nitrogens is 4. The Morgan fingerprint density at radius 1 is 1.41 bits per heavy atom. The van der Waals surface area contributed by atoms with E-state index in [1.807, 2.05) is 19.4 Å². The lowest BCUT2D eigenvalue weighted by atomic mass is 10.0. The van der Waals surface area contributed by atoms with Gasteiger partial charge in [0, 0.05) is 38.6 Å². The van der Waals surface area contributed by atoms with Crippen molar-refractivity contribution < 1.29 is 4.92 Å². The summed E-state index contributed by atoms with van der Waals surface area (Å²) < 4.78 is 3.76. The van der Waals surface area contributed by atoms with Crippen LogP contribution in [0.25, 0.3) is 0 Å². The van der Waals surface area contributed by atoms with Gasteiger partial charge in [0.1, 0.15) is 5.69 Å². The normalized spacial score (nSPS) is 16.2. The average Bonchev–Trinajstić information content (AvgIpc) is 3.14. The minimum Gasteiger partial charge on any atom is -0.351 e. The summed E-state index contributed by atoms with van der Waals surface area (Å²) in [6.07, 6.45) is 8.05. The summed E-state index contributed by atoms with van der Waals surface area (Å²) in [5.41, 5.74) is 0.713. The van der Waals surface area contributed by atoms with Crippen LogP contribution in [-0.4, -0.2) is 37.3 Å². The number of nitro groups is 1. The molecule has 0 aliphatic carbocycles. The van der Waals surface area contributed by atoms with Gasteiger partial charge in [0.05, 0.1) is 11.3 Å². The van der Waals surface area contributed by atoms with Gasteiger partial charge in [-0.15, -0.1) is 0 Å². The Labute approximate surface area is 128 Å². The van der Waals surface area contributed by atoms with Crippen LogP contribution < -0.4 is 4.90 Å². The summed E-state index contributed by atoms with van der Waals surface area (Å²) in [6, 6.07) is 0.414. The Bertz CT molecular complexity index is 655. The van der Waals surface area contributed by atoms with Crippen LogP contribution in [0.3, 0.4) is 0 Å². The Morgan fingerprint density at radius 3 is 2.68 bits per heavy atom. The zero-order chi connectivity index (χ0) is 15.7. The van der Waals surface area contributed by atoms with Crippen molar-refractivity contribution in [1.29, 1.82) is 0 Å². The summed E-state index contributed by atoms with van der Waals surface area (Å²) in [5.74, 6) is 0.630. The number of hydrogen-bond donors (Lipinski definition) is 0. The molecule has 1 fully saturated rings. The van der Waals surface area contributed by atoms with E-state index in [1.54, 1.807) is 17.9 Å². The van der Waals surface area contributed by atoms with Gasteiger partial charge in [0.2, 0.25) is 5.82 Å². The molecule has 2 aromatic rings. The van der Waals surface area contributed by atoms with Crippen LogP contribution in [0, 0.1) is 10.1 Å². The summed E-state index contributed by atoms with van der Waals surface area (Å²) in [5, 5.41) is 15.7. The Hall–Kier alpha value is -2.38. The van der Waals surface area contributed by atoms with Gasteiger partial charge in [-0.05, 0) is 19.3 Å². The van der Waals surface area contributed by atoms with Gasteiger partial charge in [-0.2, -0.15) is 5.10 Å². The predicted molar refractivity (Wildman–Crippen MR) is 82.0 cm³/mol. The molecule has 0 spiro atoms. The number of hydrogen-bond acceptors (Lipinski definition) is 5. The van der Waals surface area contributed by atoms with Gasteiger partial charge in [-0.25, -0.2) is 9.67 Å². The molecular formula is C14H20N6O2. The number of anilines is 1. The zero-order valence-electron chi connectivity index (χ0n) is 12.8. The largest absolute Gasteiger partial charge is 0.351 e. The molecule has 1 aliphatic rings. The third kappa shape index (κ3) is 2.44. The molecule has 0 aromatic carbocycles. The minimum absolute atomic E-state index is 0.158. The summed E-state index contributed by atoms with van der Waals surface area (Å²) >= 11 is 0. The molecule has 8 heteroatoms. The highest BCUT2D eigenvalue weighted by molar-refractivity contribution is 5.61. The average molecular weight is 304 g/mol. The molecule has 0 unspecified atom stereocenters. The van der Waals surface area contributed by atoms with Crippen LogP contribution in [0.15, 0.2) is 18.7 Å². The zero-order valence-corrected chi connectivity index (χ0v) is 12.8. The number of aryl methyl sites for hydroxylation is 2. The fraction of sp³-hybridized carbons (Fsp3) is 0.571. The maximum absolute atomic E-state index is 11.4. The molecule has 118 valence electrons. The van der Waals surface area contributed by atoms with Gasteiger partial charge < -0.3 is 9.47 Å². The van der Waals surface area contributed by atoms with Crippen molar-refractivity contribution in [3.63, 3.8) is 0 Å². The molecule has 0 amide bonds. The van der Waals surface area contributed by atoms with Crippen molar-refractivity contribution >= 4 is 11.5 Å². The van der Waals surface area contributed by atoms with Crippen LogP contribution in [0.5, 0.6) is 0 Å². The fourth-order valence-corrected chi connectivity index (χ4v) is 3.20. The first-order valence-electron chi connectivity index (χ1n) is 7.54. The van der Waals surface area contributed by atoms with Crippen molar-refractivity contribution in [3.05, 3.63) is 34.5 Å². The maximum Gasteiger partial charge on any atom is 0.334 e. The van der Waals surface area contributed by atoms with Gasteiger partial charge >= 0.3 is 5.69 Å². The molecule has 0 bridgehead atoms. The van der Waals surface area contributed by atoms with E-state index in [0.29, 0.717) is 24.0 Å². The number of imidazole rings is 1. The van der Waals surface area contributed by atoms with Gasteiger partial charge in [0.25, 0.3) is 0 Å². The monoisotopic (exact) mass is 304 g/mol. The van der Waals surface area contributed by atoms with Crippen molar-refractivity contribution in [2.24, 2.45) is 7.05 Å². The smallest absolute Gasteiger partial charge is 0.334 e. The second-order valence-electron chi connectivity index (χ2n) is 5.58. The highest BCUT2D eigenvalue weighted by Crippen LogP contribution is 2.35. The van der Waals surface area contributed by atoms with E-state index in [0.717, 1.165) is 25.9 Å². The van der Waals surface area contributed by atoms with Crippen LogP contribution in [-0.2, 0) is 13.5 Å². The molecule has 22 heavy (non-hydrogen) atoms. The topological polar surface area (TPSA) is 82.0 Å². The molecule has 0 saturated carbocycles. The first kappa shape index (κ1) is 14.6. The molecular weight excluding hydrogens is 284 g/mol. The van der Waals surface area contributed by atoms with Gasteiger partial charge in [0.15, 0.2) is 0 Å². The van der Waals surface area contributed by atoms with E-state index in [-0.39, 0.29) is 10.6 Å². The molecule has 0 N–H and O–H groups in total. The van der Waals surface area contributed by atoms with Crippen molar-refractivity contribution in [1.82, 2.24) is 19.3 Å². The SMILES string of the molecule is CCc1nn(C)c(N2CCC(n3ccnc3)CC2)c1[N+](=O)[O-]. The summed E-state index contributed by atoms with van der Waals surface area (Å²) in [7, 11) is 1.78. The van der Waals surface area contributed by atoms with E-state index in [2.05, 4.69) is 19.5 Å². The number of nitrogens with zero attached hydrogens (tertiary/aromatic N) is 6. The van der Waals surface area contributed by atoms with E-state index in [9.17, 15) is 10.1 Å². The molecule has 0 radical (unpaired) electrons. The van der Waals surface area contributed by atoms with Crippen LogP contribution in [0.4, 0.5) is 11.5 Å². The van der Waals surface area contributed by atoms with E-state index in [1.165, 1.54) is 0 Å². The summed E-state index contributed by atoms with van der Waals surface area (Å²) in [4.78, 5) is 17.3. The molecule has 8 nitrogen and oxygen atoms in total. The lowest BCUT2D eigenvalue weighted by molar-refractivity contribution is -0.384. The molecule has 1 saturated heterocycles. The Kier molecular flexibility index (Phi) is 3.82. The van der Waals surface area contributed by atoms with Gasteiger partial charge in [-0.3, -0.25) is 10.1 Å². The van der Waals surface area contributed by atoms with Gasteiger partial charge in [-0.1, -0.05) is 6.92 Å². The molecule has 3 heterocycles. The van der Waals surface area contributed by atoms with E-state index in [4.69, 9.17) is 0 Å².